The van der Waals surface area contributed by atoms with Crippen LogP contribution >= 0.6 is 12.2 Å². The van der Waals surface area contributed by atoms with Crippen LogP contribution in [0.25, 0.3) is 0 Å². The molecule has 3 nitrogen and oxygen atoms in total. The van der Waals surface area contributed by atoms with Gasteiger partial charge in [0.25, 0.3) is 0 Å². The molecule has 1 aliphatic rings. The zero-order valence-electron chi connectivity index (χ0n) is 11.7. The molecule has 1 saturated carbocycles. The summed E-state index contributed by atoms with van der Waals surface area (Å²) in [7, 11) is 0. The largest absolute Gasteiger partial charge is 0.392 e. The van der Waals surface area contributed by atoms with Gasteiger partial charge in [0.05, 0.1) is 10.4 Å². The molecule has 3 N–H and O–H groups in total. The minimum Gasteiger partial charge on any atom is -0.392 e. The Balaban J connectivity index is 2.27. The van der Waals surface area contributed by atoms with E-state index in [0.717, 1.165) is 36.1 Å². The Kier molecular flexibility index (Phi) is 3.63. The Morgan fingerprint density at radius 3 is 2.16 bits per heavy atom. The zero-order valence-corrected chi connectivity index (χ0v) is 12.5. The normalized spacial score (nSPS) is 16.6. The smallest absolute Gasteiger partial charge is 0.237 e. The van der Waals surface area contributed by atoms with Crippen LogP contribution in [0.1, 0.15) is 36.0 Å². The summed E-state index contributed by atoms with van der Waals surface area (Å²) in [6, 6.07) is 4.13. The van der Waals surface area contributed by atoms with Crippen LogP contribution in [0, 0.1) is 26.2 Å². The van der Waals surface area contributed by atoms with Gasteiger partial charge in [0, 0.05) is 5.69 Å². The molecule has 0 radical (unpaired) electrons. The van der Waals surface area contributed by atoms with Gasteiger partial charge in [0.1, 0.15) is 0 Å². The third kappa shape index (κ3) is 2.37. The summed E-state index contributed by atoms with van der Waals surface area (Å²) < 4.78 is 0. The topological polar surface area (TPSA) is 55.1 Å². The molecule has 1 aromatic carbocycles. The van der Waals surface area contributed by atoms with Crippen LogP contribution in [0.3, 0.4) is 0 Å². The van der Waals surface area contributed by atoms with Crippen LogP contribution in [0.2, 0.25) is 0 Å². The van der Waals surface area contributed by atoms with Gasteiger partial charge in [-0.3, -0.25) is 4.79 Å². The first-order chi connectivity index (χ1) is 8.86. The van der Waals surface area contributed by atoms with E-state index in [1.165, 1.54) is 5.56 Å². The summed E-state index contributed by atoms with van der Waals surface area (Å²) in [4.78, 5) is 12.8. The fraction of sp³-hybridized carbons (Fsp3) is 0.467. The number of carbonyl (C=O) groups is 1. The molecular weight excluding hydrogens is 256 g/mol. The number of thiocarbonyl (C=S) groups is 1. The van der Waals surface area contributed by atoms with Crippen molar-refractivity contribution in [2.75, 3.05) is 5.32 Å². The average Bonchev–Trinajstić information content (AvgIpc) is 2.20. The number of rotatable bonds is 3. The van der Waals surface area contributed by atoms with Crippen molar-refractivity contribution in [1.82, 2.24) is 0 Å². The van der Waals surface area contributed by atoms with Crippen molar-refractivity contribution in [3.8, 4) is 0 Å². The van der Waals surface area contributed by atoms with E-state index in [1.54, 1.807) is 0 Å². The molecule has 0 saturated heterocycles. The van der Waals surface area contributed by atoms with Gasteiger partial charge in [-0.15, -0.1) is 0 Å². The second kappa shape index (κ2) is 4.93. The van der Waals surface area contributed by atoms with Crippen LogP contribution < -0.4 is 11.1 Å². The first-order valence-corrected chi connectivity index (χ1v) is 6.97. The lowest BCUT2D eigenvalue weighted by atomic mass is 9.68. The quantitative estimate of drug-likeness (QED) is 0.834. The molecule has 1 fully saturated rings. The summed E-state index contributed by atoms with van der Waals surface area (Å²) in [5, 5.41) is 3.02. The molecule has 0 aliphatic heterocycles. The maximum Gasteiger partial charge on any atom is 0.237 e. The van der Waals surface area contributed by atoms with E-state index in [0.29, 0.717) is 4.99 Å². The summed E-state index contributed by atoms with van der Waals surface area (Å²) in [5.41, 5.74) is 9.36. The SMILES string of the molecule is Cc1cc(C)c(NC(=O)C2(C(N)=S)CCC2)c(C)c1. The fourth-order valence-corrected chi connectivity index (χ4v) is 3.02. The van der Waals surface area contributed by atoms with E-state index in [-0.39, 0.29) is 5.91 Å². The Bertz CT molecular complexity index is 524. The maximum atomic E-state index is 12.5. The van der Waals surface area contributed by atoms with Crippen molar-refractivity contribution in [3.05, 3.63) is 28.8 Å². The standard InChI is InChI=1S/C15H20N2OS/c1-9-7-10(2)12(11(3)8-9)17-14(18)15(13(16)19)5-4-6-15/h7-8H,4-6H2,1-3H3,(H2,16,19)(H,17,18). The molecule has 0 bridgehead atoms. The fourth-order valence-electron chi connectivity index (χ4n) is 2.73. The van der Waals surface area contributed by atoms with Crippen LogP contribution in [-0.4, -0.2) is 10.9 Å². The Morgan fingerprint density at radius 2 is 1.79 bits per heavy atom. The first kappa shape index (κ1) is 14.0. The first-order valence-electron chi connectivity index (χ1n) is 6.56. The highest BCUT2D eigenvalue weighted by Crippen LogP contribution is 2.42. The number of nitrogens with one attached hydrogen (secondary N) is 1. The van der Waals surface area contributed by atoms with Gasteiger partial charge in [0.2, 0.25) is 5.91 Å². The van der Waals surface area contributed by atoms with E-state index in [4.69, 9.17) is 18.0 Å². The Hall–Kier alpha value is -1.42. The number of nitrogens with two attached hydrogens (primary N) is 1. The molecule has 0 atom stereocenters. The van der Waals surface area contributed by atoms with Crippen molar-refractivity contribution >= 4 is 28.8 Å². The highest BCUT2D eigenvalue weighted by Gasteiger charge is 2.47. The molecule has 1 aliphatic carbocycles. The van der Waals surface area contributed by atoms with Gasteiger partial charge in [-0.1, -0.05) is 36.3 Å². The molecule has 0 unspecified atom stereocenters. The molecule has 2 rings (SSSR count). The number of aryl methyl sites for hydroxylation is 3. The van der Waals surface area contributed by atoms with Crippen molar-refractivity contribution < 1.29 is 4.79 Å². The molecule has 1 aromatic rings. The van der Waals surface area contributed by atoms with E-state index in [2.05, 4.69) is 17.4 Å². The summed E-state index contributed by atoms with van der Waals surface area (Å²) in [6.07, 6.45) is 2.53. The maximum absolute atomic E-state index is 12.5. The minimum absolute atomic E-state index is 0.0543. The van der Waals surface area contributed by atoms with Crippen molar-refractivity contribution in [3.63, 3.8) is 0 Å². The molecular formula is C15H20N2OS. The van der Waals surface area contributed by atoms with Gasteiger partial charge in [-0.2, -0.15) is 0 Å². The van der Waals surface area contributed by atoms with Gasteiger partial charge < -0.3 is 11.1 Å². The van der Waals surface area contributed by atoms with Crippen LogP contribution in [0.4, 0.5) is 5.69 Å². The van der Waals surface area contributed by atoms with Gasteiger partial charge in [-0.25, -0.2) is 0 Å². The molecule has 0 spiro atoms. The summed E-state index contributed by atoms with van der Waals surface area (Å²) >= 11 is 5.08. The molecule has 102 valence electrons. The third-order valence-electron chi connectivity index (χ3n) is 4.03. The molecule has 1 amide bonds. The van der Waals surface area contributed by atoms with Crippen molar-refractivity contribution in [1.29, 1.82) is 0 Å². The van der Waals surface area contributed by atoms with Gasteiger partial charge in [-0.05, 0) is 44.7 Å². The van der Waals surface area contributed by atoms with Gasteiger partial charge >= 0.3 is 0 Å². The van der Waals surface area contributed by atoms with Crippen molar-refractivity contribution in [2.45, 2.75) is 40.0 Å². The number of hydrogen-bond donors (Lipinski definition) is 2. The number of benzene rings is 1. The van der Waals surface area contributed by atoms with E-state index < -0.39 is 5.41 Å². The molecule has 19 heavy (non-hydrogen) atoms. The zero-order chi connectivity index (χ0) is 14.2. The number of carbonyl (C=O) groups excluding carboxylic acids is 1. The van der Waals surface area contributed by atoms with E-state index in [9.17, 15) is 4.79 Å². The number of hydrogen-bond acceptors (Lipinski definition) is 2. The molecule has 4 heteroatoms. The Morgan fingerprint density at radius 1 is 1.26 bits per heavy atom. The van der Waals surface area contributed by atoms with Crippen LogP contribution in [0.5, 0.6) is 0 Å². The number of amides is 1. The average molecular weight is 276 g/mol. The minimum atomic E-state index is -0.626. The van der Waals surface area contributed by atoms with Gasteiger partial charge in [0.15, 0.2) is 0 Å². The van der Waals surface area contributed by atoms with Crippen LogP contribution in [0.15, 0.2) is 12.1 Å². The van der Waals surface area contributed by atoms with Crippen molar-refractivity contribution in [2.24, 2.45) is 11.1 Å². The predicted molar refractivity (Wildman–Crippen MR) is 82.4 cm³/mol. The number of anilines is 1. The highest BCUT2D eigenvalue weighted by atomic mass is 32.1. The lowest BCUT2D eigenvalue weighted by Crippen LogP contribution is -2.50. The highest BCUT2D eigenvalue weighted by molar-refractivity contribution is 7.80. The summed E-state index contributed by atoms with van der Waals surface area (Å²) in [5.74, 6) is -0.0543. The monoisotopic (exact) mass is 276 g/mol. The summed E-state index contributed by atoms with van der Waals surface area (Å²) in [6.45, 7) is 6.06. The second-order valence-electron chi connectivity index (χ2n) is 5.53. The second-order valence-corrected chi connectivity index (χ2v) is 5.97. The Labute approximate surface area is 119 Å². The van der Waals surface area contributed by atoms with E-state index in [1.807, 2.05) is 20.8 Å². The lowest BCUT2D eigenvalue weighted by Gasteiger charge is -2.39. The van der Waals surface area contributed by atoms with E-state index >= 15 is 0 Å². The molecule has 0 aromatic heterocycles. The van der Waals surface area contributed by atoms with Crippen LogP contribution in [-0.2, 0) is 4.79 Å². The lowest BCUT2D eigenvalue weighted by molar-refractivity contribution is -0.125. The molecule has 0 heterocycles. The third-order valence-corrected chi connectivity index (χ3v) is 4.42. The predicted octanol–water partition coefficient (Wildman–Crippen LogP) is 3.01.